The summed E-state index contributed by atoms with van der Waals surface area (Å²) in [5.74, 6) is 0. The number of ether oxygens (including phenoxy) is 1. The lowest BCUT2D eigenvalue weighted by molar-refractivity contribution is -0.0233. The van der Waals surface area contributed by atoms with E-state index in [9.17, 15) is 19.8 Å². The van der Waals surface area contributed by atoms with Crippen molar-refractivity contribution in [1.29, 1.82) is 0 Å². The van der Waals surface area contributed by atoms with Gasteiger partial charge in [-0.05, 0) is 13.8 Å². The molecule has 4 N–H and O–H groups in total. The van der Waals surface area contributed by atoms with Gasteiger partial charge in [-0.25, -0.2) is 4.79 Å². The first-order chi connectivity index (χ1) is 10.3. The van der Waals surface area contributed by atoms with E-state index in [1.54, 1.807) is 6.08 Å². The summed E-state index contributed by atoms with van der Waals surface area (Å²) in [6.07, 6.45) is -1.62. The summed E-state index contributed by atoms with van der Waals surface area (Å²) < 4.78 is 6.60. The number of hydrogen-bond acceptors (Lipinski definition) is 6. The predicted molar refractivity (Wildman–Crippen MR) is 77.5 cm³/mol. The minimum absolute atomic E-state index is 0.0317. The lowest BCUT2D eigenvalue weighted by Gasteiger charge is -2.15. The normalized spacial score (nSPS) is 27.9. The van der Waals surface area contributed by atoms with Gasteiger partial charge in [-0.15, -0.1) is 0 Å². The molecule has 1 aliphatic rings. The second-order valence-corrected chi connectivity index (χ2v) is 5.54. The largest absolute Gasteiger partial charge is 0.394 e. The predicted octanol–water partition coefficient (Wildman–Crippen LogP) is -1.34. The molecule has 0 saturated carbocycles. The maximum atomic E-state index is 11.9. The fourth-order valence-corrected chi connectivity index (χ4v) is 2.30. The molecule has 22 heavy (non-hydrogen) atoms. The van der Waals surface area contributed by atoms with Gasteiger partial charge in [0, 0.05) is 12.7 Å². The van der Waals surface area contributed by atoms with E-state index in [1.807, 2.05) is 13.8 Å². The van der Waals surface area contributed by atoms with Crippen LogP contribution in [-0.4, -0.2) is 49.8 Å². The number of aromatic nitrogens is 2. The van der Waals surface area contributed by atoms with Gasteiger partial charge in [0.15, 0.2) is 0 Å². The average molecular weight is 312 g/mol. The van der Waals surface area contributed by atoms with E-state index in [4.69, 9.17) is 9.84 Å². The molecule has 1 saturated heterocycles. The third-order valence-electron chi connectivity index (χ3n) is 3.58. The van der Waals surface area contributed by atoms with Gasteiger partial charge >= 0.3 is 5.69 Å². The Labute approximate surface area is 126 Å². The molecule has 4 atom stereocenters. The van der Waals surface area contributed by atoms with Crippen LogP contribution in [0.25, 0.3) is 0 Å². The van der Waals surface area contributed by atoms with E-state index in [0.717, 1.165) is 5.57 Å². The van der Waals surface area contributed by atoms with Crippen molar-refractivity contribution in [2.75, 3.05) is 6.61 Å². The van der Waals surface area contributed by atoms with Gasteiger partial charge in [-0.3, -0.25) is 14.3 Å². The molecule has 1 aromatic rings. The molecule has 0 bridgehead atoms. The number of aliphatic hydroxyl groups is 3. The standard InChI is InChI=1S/C14H20N2O6/c1-7(2)3-4-16-5-8(13(20)15-14(16)21)12-11(19)10(18)9(6-17)22-12/h3,5,9-12,17-19H,4,6H2,1-2H3,(H,15,20,21)/t9-,10?,11?,12+/m1/s1. The molecule has 2 rings (SSSR count). The molecule has 1 aliphatic heterocycles. The molecule has 1 fully saturated rings. The number of aromatic amines is 1. The van der Waals surface area contributed by atoms with Crippen molar-refractivity contribution in [1.82, 2.24) is 9.55 Å². The van der Waals surface area contributed by atoms with Gasteiger partial charge in [0.25, 0.3) is 5.56 Å². The van der Waals surface area contributed by atoms with Crippen LogP contribution in [0, 0.1) is 0 Å². The Morgan fingerprint density at radius 1 is 1.36 bits per heavy atom. The lowest BCUT2D eigenvalue weighted by Crippen LogP contribution is -2.36. The second kappa shape index (κ2) is 6.57. The van der Waals surface area contributed by atoms with E-state index in [1.165, 1.54) is 10.8 Å². The number of nitrogens with one attached hydrogen (secondary N) is 1. The van der Waals surface area contributed by atoms with E-state index in [2.05, 4.69) is 4.98 Å². The van der Waals surface area contributed by atoms with Gasteiger partial charge < -0.3 is 20.1 Å². The van der Waals surface area contributed by atoms with Gasteiger partial charge in [-0.2, -0.15) is 0 Å². The lowest BCUT2D eigenvalue weighted by atomic mass is 10.0. The molecule has 0 amide bonds. The molecule has 8 nitrogen and oxygen atoms in total. The Morgan fingerprint density at radius 2 is 2.05 bits per heavy atom. The van der Waals surface area contributed by atoms with Crippen LogP contribution in [0.1, 0.15) is 25.5 Å². The molecule has 8 heteroatoms. The minimum atomic E-state index is -1.35. The third-order valence-corrected chi connectivity index (χ3v) is 3.58. The van der Waals surface area contributed by atoms with Crippen LogP contribution in [0.5, 0.6) is 0 Å². The smallest absolute Gasteiger partial charge is 0.328 e. The molecule has 0 aliphatic carbocycles. The van der Waals surface area contributed by atoms with Crippen molar-refractivity contribution >= 4 is 0 Å². The summed E-state index contributed by atoms with van der Waals surface area (Å²) in [4.78, 5) is 25.9. The van der Waals surface area contributed by atoms with Gasteiger partial charge in [0.05, 0.1) is 12.2 Å². The molecule has 2 heterocycles. The number of aliphatic hydroxyl groups excluding tert-OH is 3. The zero-order chi connectivity index (χ0) is 16.4. The molecule has 2 unspecified atom stereocenters. The number of rotatable bonds is 4. The van der Waals surface area contributed by atoms with Crippen molar-refractivity contribution in [3.05, 3.63) is 44.2 Å². The Balaban J connectivity index is 2.39. The summed E-state index contributed by atoms with van der Waals surface area (Å²) >= 11 is 0. The van der Waals surface area contributed by atoms with Crippen LogP contribution in [0.2, 0.25) is 0 Å². The monoisotopic (exact) mass is 312 g/mol. The third kappa shape index (κ3) is 3.20. The van der Waals surface area contributed by atoms with Gasteiger partial charge in [-0.1, -0.05) is 11.6 Å². The fraction of sp³-hybridized carbons (Fsp3) is 0.571. The van der Waals surface area contributed by atoms with E-state index in [0.29, 0.717) is 0 Å². The van der Waals surface area contributed by atoms with E-state index < -0.39 is 42.3 Å². The number of H-pyrrole nitrogens is 1. The summed E-state index contributed by atoms with van der Waals surface area (Å²) in [5, 5.41) is 28.8. The first-order valence-corrected chi connectivity index (χ1v) is 6.94. The van der Waals surface area contributed by atoms with Crippen molar-refractivity contribution < 1.29 is 20.1 Å². The first kappa shape index (κ1) is 16.6. The molecule has 0 aromatic carbocycles. The summed E-state index contributed by atoms with van der Waals surface area (Å²) in [7, 11) is 0. The Hall–Kier alpha value is -1.74. The van der Waals surface area contributed by atoms with Crippen LogP contribution < -0.4 is 11.2 Å². The van der Waals surface area contributed by atoms with Crippen molar-refractivity contribution in [3.8, 4) is 0 Å². The summed E-state index contributed by atoms with van der Waals surface area (Å²) in [6.45, 7) is 3.54. The van der Waals surface area contributed by atoms with Crippen molar-refractivity contribution in [3.63, 3.8) is 0 Å². The maximum Gasteiger partial charge on any atom is 0.328 e. The first-order valence-electron chi connectivity index (χ1n) is 6.94. The molecule has 0 spiro atoms. The SMILES string of the molecule is CC(C)=CCn1cc([C@@H]2O[C@H](CO)C(O)C2O)c(=O)[nH]c1=O. The van der Waals surface area contributed by atoms with Crippen LogP contribution in [0.15, 0.2) is 27.4 Å². The topological polar surface area (TPSA) is 125 Å². The molecular formula is C14H20N2O6. The molecule has 0 radical (unpaired) electrons. The van der Waals surface area contributed by atoms with Crippen molar-refractivity contribution in [2.24, 2.45) is 0 Å². The fourth-order valence-electron chi connectivity index (χ4n) is 2.30. The van der Waals surface area contributed by atoms with Gasteiger partial charge in [0.2, 0.25) is 0 Å². The minimum Gasteiger partial charge on any atom is -0.394 e. The summed E-state index contributed by atoms with van der Waals surface area (Å²) in [6, 6.07) is 0. The van der Waals surface area contributed by atoms with Gasteiger partial charge in [0.1, 0.15) is 24.4 Å². The Kier molecular flexibility index (Phi) is 4.97. The van der Waals surface area contributed by atoms with Crippen LogP contribution in [-0.2, 0) is 11.3 Å². The number of nitrogens with zero attached hydrogens (tertiary/aromatic N) is 1. The highest BCUT2D eigenvalue weighted by Gasteiger charge is 2.44. The zero-order valence-corrected chi connectivity index (χ0v) is 12.4. The van der Waals surface area contributed by atoms with Crippen LogP contribution >= 0.6 is 0 Å². The number of allylic oxidation sites excluding steroid dienone is 2. The Bertz CT molecular complexity index is 673. The van der Waals surface area contributed by atoms with E-state index in [-0.39, 0.29) is 12.1 Å². The quantitative estimate of drug-likeness (QED) is 0.510. The van der Waals surface area contributed by atoms with E-state index >= 15 is 0 Å². The average Bonchev–Trinajstić information content (AvgIpc) is 2.74. The molecule has 1 aromatic heterocycles. The highest BCUT2D eigenvalue weighted by molar-refractivity contribution is 5.14. The number of hydrogen-bond donors (Lipinski definition) is 4. The zero-order valence-electron chi connectivity index (χ0n) is 12.4. The highest BCUT2D eigenvalue weighted by atomic mass is 16.6. The van der Waals surface area contributed by atoms with Crippen molar-refractivity contribution in [2.45, 2.75) is 44.8 Å². The molecule has 122 valence electrons. The van der Waals surface area contributed by atoms with Crippen LogP contribution in [0.3, 0.4) is 0 Å². The maximum absolute atomic E-state index is 11.9. The highest BCUT2D eigenvalue weighted by Crippen LogP contribution is 2.31. The second-order valence-electron chi connectivity index (χ2n) is 5.54. The Morgan fingerprint density at radius 3 is 2.59 bits per heavy atom. The summed E-state index contributed by atoms with van der Waals surface area (Å²) in [5.41, 5.74) is -0.219. The molecular weight excluding hydrogens is 292 g/mol. The van der Waals surface area contributed by atoms with Crippen LogP contribution in [0.4, 0.5) is 0 Å².